The molecule has 0 aromatic heterocycles. The quantitative estimate of drug-likeness (QED) is 0.787. The Hall–Kier alpha value is -1.20. The second-order valence-corrected chi connectivity index (χ2v) is 6.10. The average Bonchev–Trinajstić information content (AvgIpc) is 2.86. The van der Waals surface area contributed by atoms with Gasteiger partial charge in [0, 0.05) is 0 Å². The molecule has 1 N–H and O–H groups in total. The van der Waals surface area contributed by atoms with Gasteiger partial charge >= 0.3 is 0 Å². The van der Waals surface area contributed by atoms with Crippen molar-refractivity contribution >= 4 is 0 Å². The first-order valence-electron chi connectivity index (χ1n) is 7.78. The SMILES string of the molecule is C[C@@H](/C=C\C[C@@H](O)[C@H]1COC(C)(C)O1)OCc1ccccc1. The van der Waals surface area contributed by atoms with Gasteiger partial charge in [-0.1, -0.05) is 42.5 Å². The largest absolute Gasteiger partial charge is 0.390 e. The van der Waals surface area contributed by atoms with Gasteiger partial charge in [0.1, 0.15) is 6.10 Å². The molecule has 0 bridgehead atoms. The van der Waals surface area contributed by atoms with Gasteiger partial charge < -0.3 is 19.3 Å². The molecule has 1 saturated heterocycles. The van der Waals surface area contributed by atoms with Crippen molar-refractivity contribution in [3.8, 4) is 0 Å². The molecule has 4 heteroatoms. The van der Waals surface area contributed by atoms with E-state index < -0.39 is 11.9 Å². The van der Waals surface area contributed by atoms with E-state index in [0.717, 1.165) is 5.56 Å². The zero-order valence-corrected chi connectivity index (χ0v) is 13.6. The number of hydrogen-bond acceptors (Lipinski definition) is 4. The Morgan fingerprint density at radius 3 is 2.73 bits per heavy atom. The van der Waals surface area contributed by atoms with Gasteiger partial charge in [-0.15, -0.1) is 0 Å². The Kier molecular flexibility index (Phi) is 6.15. The van der Waals surface area contributed by atoms with E-state index in [0.29, 0.717) is 19.6 Å². The zero-order chi connectivity index (χ0) is 16.0. The van der Waals surface area contributed by atoms with Crippen LogP contribution >= 0.6 is 0 Å². The van der Waals surface area contributed by atoms with E-state index in [1.165, 1.54) is 0 Å². The fourth-order valence-electron chi connectivity index (χ4n) is 2.32. The van der Waals surface area contributed by atoms with Crippen LogP contribution < -0.4 is 0 Å². The molecule has 0 aliphatic carbocycles. The number of ether oxygens (including phenoxy) is 3. The van der Waals surface area contributed by atoms with E-state index in [9.17, 15) is 5.11 Å². The van der Waals surface area contributed by atoms with Crippen molar-refractivity contribution in [3.05, 3.63) is 48.0 Å². The molecular formula is C18H26O4. The Morgan fingerprint density at radius 1 is 1.36 bits per heavy atom. The minimum Gasteiger partial charge on any atom is -0.390 e. The summed E-state index contributed by atoms with van der Waals surface area (Å²) >= 11 is 0. The van der Waals surface area contributed by atoms with Crippen LogP contribution in [-0.2, 0) is 20.8 Å². The molecule has 22 heavy (non-hydrogen) atoms. The maximum Gasteiger partial charge on any atom is 0.163 e. The average molecular weight is 306 g/mol. The standard InChI is InChI=1S/C18H26O4/c1-14(20-12-15-9-5-4-6-10-15)8-7-11-16(19)17-13-21-18(2,3)22-17/h4-10,14,16-17,19H,11-13H2,1-3H3/b8-7-/t14-,16+,17+/m0/s1. The highest BCUT2D eigenvalue weighted by Crippen LogP contribution is 2.25. The van der Waals surface area contributed by atoms with Gasteiger partial charge in [0.25, 0.3) is 0 Å². The van der Waals surface area contributed by atoms with Crippen molar-refractivity contribution in [2.75, 3.05) is 6.61 Å². The minimum absolute atomic E-state index is 0.00425. The highest BCUT2D eigenvalue weighted by Gasteiger charge is 2.36. The van der Waals surface area contributed by atoms with E-state index in [4.69, 9.17) is 14.2 Å². The van der Waals surface area contributed by atoms with E-state index in [2.05, 4.69) is 0 Å². The summed E-state index contributed by atoms with van der Waals surface area (Å²) in [6.45, 7) is 6.72. The van der Waals surface area contributed by atoms with Crippen molar-refractivity contribution in [2.24, 2.45) is 0 Å². The molecule has 0 radical (unpaired) electrons. The van der Waals surface area contributed by atoms with Crippen LogP contribution in [0.2, 0.25) is 0 Å². The lowest BCUT2D eigenvalue weighted by Gasteiger charge is -2.19. The summed E-state index contributed by atoms with van der Waals surface area (Å²) in [5, 5.41) is 10.1. The first kappa shape index (κ1) is 17.2. The lowest BCUT2D eigenvalue weighted by molar-refractivity contribution is -0.150. The van der Waals surface area contributed by atoms with Crippen molar-refractivity contribution in [3.63, 3.8) is 0 Å². The first-order valence-corrected chi connectivity index (χ1v) is 7.78. The monoisotopic (exact) mass is 306 g/mol. The molecule has 1 aromatic carbocycles. The van der Waals surface area contributed by atoms with Gasteiger partial charge in [-0.25, -0.2) is 0 Å². The molecule has 0 amide bonds. The summed E-state index contributed by atoms with van der Waals surface area (Å²) in [6, 6.07) is 10.1. The molecular weight excluding hydrogens is 280 g/mol. The van der Waals surface area contributed by atoms with Crippen molar-refractivity contribution in [1.82, 2.24) is 0 Å². The summed E-state index contributed by atoms with van der Waals surface area (Å²) in [7, 11) is 0. The third-order valence-electron chi connectivity index (χ3n) is 3.60. The highest BCUT2D eigenvalue weighted by atomic mass is 16.7. The Labute approximate surface area is 132 Å². The third kappa shape index (κ3) is 5.54. The number of rotatable bonds is 7. The van der Waals surface area contributed by atoms with Gasteiger partial charge in [-0.05, 0) is 32.8 Å². The highest BCUT2D eigenvalue weighted by molar-refractivity contribution is 5.13. The maximum atomic E-state index is 10.1. The number of benzene rings is 1. The van der Waals surface area contributed by atoms with Crippen LogP contribution in [0.4, 0.5) is 0 Å². The summed E-state index contributed by atoms with van der Waals surface area (Å²) in [5.41, 5.74) is 1.15. The Morgan fingerprint density at radius 2 is 2.09 bits per heavy atom. The Balaban J connectivity index is 1.68. The summed E-state index contributed by atoms with van der Waals surface area (Å²) in [4.78, 5) is 0. The number of aliphatic hydroxyl groups is 1. The molecule has 3 atom stereocenters. The Bertz CT molecular complexity index is 469. The second kappa shape index (κ2) is 7.88. The minimum atomic E-state index is -0.596. The van der Waals surface area contributed by atoms with Crippen LogP contribution in [0.3, 0.4) is 0 Å². The molecule has 1 aliphatic heterocycles. The first-order chi connectivity index (χ1) is 10.5. The van der Waals surface area contributed by atoms with Crippen LogP contribution in [0.15, 0.2) is 42.5 Å². The normalized spacial score (nSPS) is 23.7. The van der Waals surface area contributed by atoms with Crippen molar-refractivity contribution in [2.45, 2.75) is 57.9 Å². The van der Waals surface area contributed by atoms with Gasteiger partial charge in [-0.2, -0.15) is 0 Å². The van der Waals surface area contributed by atoms with E-state index >= 15 is 0 Å². The second-order valence-electron chi connectivity index (χ2n) is 6.10. The van der Waals surface area contributed by atoms with Crippen molar-refractivity contribution in [1.29, 1.82) is 0 Å². The number of aliphatic hydroxyl groups excluding tert-OH is 1. The fraction of sp³-hybridized carbons (Fsp3) is 0.556. The van der Waals surface area contributed by atoms with Crippen molar-refractivity contribution < 1.29 is 19.3 Å². The fourth-order valence-corrected chi connectivity index (χ4v) is 2.32. The lowest BCUT2D eigenvalue weighted by atomic mass is 10.1. The van der Waals surface area contributed by atoms with Gasteiger partial charge in [0.05, 0.1) is 25.4 Å². The van der Waals surface area contributed by atoms with Gasteiger partial charge in [-0.3, -0.25) is 0 Å². The lowest BCUT2D eigenvalue weighted by Crippen LogP contribution is -2.30. The molecule has 4 nitrogen and oxygen atoms in total. The summed E-state index contributed by atoms with van der Waals surface area (Å²) < 4.78 is 16.8. The smallest absolute Gasteiger partial charge is 0.163 e. The molecule has 1 heterocycles. The molecule has 1 aromatic rings. The number of hydrogen-bond donors (Lipinski definition) is 1. The van der Waals surface area contributed by atoms with Gasteiger partial charge in [0.15, 0.2) is 5.79 Å². The molecule has 122 valence electrons. The van der Waals surface area contributed by atoms with Crippen LogP contribution in [0.1, 0.15) is 32.8 Å². The zero-order valence-electron chi connectivity index (χ0n) is 13.6. The summed E-state index contributed by atoms with van der Waals surface area (Å²) in [6.07, 6.45) is 3.62. The third-order valence-corrected chi connectivity index (χ3v) is 3.60. The molecule has 1 fully saturated rings. The van der Waals surface area contributed by atoms with Gasteiger partial charge in [0.2, 0.25) is 0 Å². The van der Waals surface area contributed by atoms with Crippen LogP contribution in [0.5, 0.6) is 0 Å². The molecule has 0 spiro atoms. The molecule has 0 unspecified atom stereocenters. The van der Waals surface area contributed by atoms with E-state index in [1.807, 2.05) is 63.3 Å². The molecule has 0 saturated carbocycles. The van der Waals surface area contributed by atoms with Crippen LogP contribution in [-0.4, -0.2) is 35.8 Å². The maximum absolute atomic E-state index is 10.1. The topological polar surface area (TPSA) is 47.9 Å². The summed E-state index contributed by atoms with van der Waals surface area (Å²) in [5.74, 6) is -0.596. The molecule has 2 rings (SSSR count). The van der Waals surface area contributed by atoms with Crippen LogP contribution in [0, 0.1) is 0 Å². The predicted molar refractivity (Wildman–Crippen MR) is 85.4 cm³/mol. The van der Waals surface area contributed by atoms with E-state index in [-0.39, 0.29) is 12.2 Å². The predicted octanol–water partition coefficient (Wildman–Crippen LogP) is 3.05. The van der Waals surface area contributed by atoms with E-state index in [1.54, 1.807) is 0 Å². The molecule has 1 aliphatic rings. The van der Waals surface area contributed by atoms with Crippen LogP contribution in [0.25, 0.3) is 0 Å².